The number of aryl methyl sites for hydroxylation is 2. The minimum Gasteiger partial charge on any atom is -0.481 e. The molecular formula is C17H19FN2O4S. The van der Waals surface area contributed by atoms with Crippen molar-refractivity contribution in [3.8, 4) is 5.75 Å². The van der Waals surface area contributed by atoms with Gasteiger partial charge in [0.05, 0.1) is 4.90 Å². The maximum absolute atomic E-state index is 12.8. The molecule has 0 aliphatic carbocycles. The Labute approximate surface area is 146 Å². The molecule has 0 fully saturated rings. The molecule has 0 unspecified atom stereocenters. The lowest BCUT2D eigenvalue weighted by atomic mass is 10.2. The van der Waals surface area contributed by atoms with Crippen molar-refractivity contribution in [2.75, 3.05) is 0 Å². The topological polar surface area (TPSA) is 84.5 Å². The van der Waals surface area contributed by atoms with Crippen LogP contribution in [0.1, 0.15) is 18.1 Å². The van der Waals surface area contributed by atoms with E-state index in [4.69, 9.17) is 4.74 Å². The van der Waals surface area contributed by atoms with Crippen LogP contribution in [-0.2, 0) is 14.8 Å². The van der Waals surface area contributed by atoms with Gasteiger partial charge in [0.2, 0.25) is 0 Å². The number of carbonyl (C=O) groups excluding carboxylic acids is 1. The van der Waals surface area contributed by atoms with E-state index in [1.807, 2.05) is 11.8 Å². The number of rotatable bonds is 6. The average Bonchev–Trinajstić information content (AvgIpc) is 2.54. The molecule has 0 saturated carbocycles. The molecule has 1 atom stereocenters. The number of ether oxygens (including phenoxy) is 1. The molecule has 1 amide bonds. The van der Waals surface area contributed by atoms with Crippen molar-refractivity contribution in [1.82, 2.24) is 10.3 Å². The molecule has 0 aromatic heterocycles. The summed E-state index contributed by atoms with van der Waals surface area (Å²) in [6.07, 6.45) is -0.979. The molecule has 2 N–H and O–H groups in total. The Morgan fingerprint density at radius 2 is 1.76 bits per heavy atom. The predicted octanol–water partition coefficient (Wildman–Crippen LogP) is 2.22. The molecule has 0 spiro atoms. The number of hydrogen-bond acceptors (Lipinski definition) is 4. The van der Waals surface area contributed by atoms with Crippen LogP contribution in [0, 0.1) is 19.7 Å². The van der Waals surface area contributed by atoms with E-state index in [9.17, 15) is 17.6 Å². The maximum atomic E-state index is 12.8. The lowest BCUT2D eigenvalue weighted by molar-refractivity contribution is -0.127. The Hall–Kier alpha value is -2.45. The van der Waals surface area contributed by atoms with Gasteiger partial charge in [-0.2, -0.15) is 0 Å². The summed E-state index contributed by atoms with van der Waals surface area (Å²) in [6.45, 7) is 4.97. The van der Waals surface area contributed by atoms with Crippen molar-refractivity contribution < 1.29 is 22.3 Å². The Morgan fingerprint density at radius 1 is 1.12 bits per heavy atom. The number of halogens is 1. The lowest BCUT2D eigenvalue weighted by Gasteiger charge is -2.16. The van der Waals surface area contributed by atoms with Crippen molar-refractivity contribution in [2.24, 2.45) is 0 Å². The van der Waals surface area contributed by atoms with Crippen LogP contribution >= 0.6 is 0 Å². The van der Waals surface area contributed by atoms with E-state index < -0.39 is 27.9 Å². The number of hydrazine groups is 1. The molecule has 2 aromatic carbocycles. The molecule has 2 aromatic rings. The summed E-state index contributed by atoms with van der Waals surface area (Å²) < 4.78 is 42.7. The van der Waals surface area contributed by atoms with Crippen LogP contribution < -0.4 is 15.0 Å². The summed E-state index contributed by atoms with van der Waals surface area (Å²) in [5, 5.41) is 0. The zero-order valence-corrected chi connectivity index (χ0v) is 14.9. The fourth-order valence-electron chi connectivity index (χ4n) is 2.15. The Kier molecular flexibility index (Phi) is 5.76. The summed E-state index contributed by atoms with van der Waals surface area (Å²) in [4.78, 5) is 14.1. The van der Waals surface area contributed by atoms with Gasteiger partial charge >= 0.3 is 0 Å². The van der Waals surface area contributed by atoms with Crippen LogP contribution in [0.15, 0.2) is 47.4 Å². The molecule has 0 bridgehead atoms. The Morgan fingerprint density at radius 3 is 2.36 bits per heavy atom. The van der Waals surface area contributed by atoms with E-state index in [0.29, 0.717) is 11.3 Å². The van der Waals surface area contributed by atoms with Gasteiger partial charge in [0.1, 0.15) is 11.6 Å². The molecule has 134 valence electrons. The van der Waals surface area contributed by atoms with Crippen LogP contribution in [0.2, 0.25) is 0 Å². The Bertz CT molecular complexity index is 867. The number of sulfonamides is 1. The number of benzene rings is 2. The third-order valence-electron chi connectivity index (χ3n) is 3.42. The second-order valence-electron chi connectivity index (χ2n) is 5.58. The molecule has 6 nitrogen and oxygen atoms in total. The Balaban J connectivity index is 1.99. The van der Waals surface area contributed by atoms with E-state index in [0.717, 1.165) is 5.56 Å². The summed E-state index contributed by atoms with van der Waals surface area (Å²) in [6, 6.07) is 10.0. The minimum absolute atomic E-state index is 0.0745. The second-order valence-corrected chi connectivity index (χ2v) is 7.23. The number of amides is 1. The molecule has 0 heterocycles. The van der Waals surface area contributed by atoms with Gasteiger partial charge in [0.15, 0.2) is 6.10 Å². The summed E-state index contributed by atoms with van der Waals surface area (Å²) >= 11 is 0. The number of hydrogen-bond donors (Lipinski definition) is 2. The van der Waals surface area contributed by atoms with Crippen molar-refractivity contribution in [2.45, 2.75) is 31.8 Å². The molecule has 0 aliphatic heterocycles. The maximum Gasteiger partial charge on any atom is 0.275 e. The predicted molar refractivity (Wildman–Crippen MR) is 90.9 cm³/mol. The fourth-order valence-corrected chi connectivity index (χ4v) is 3.22. The van der Waals surface area contributed by atoms with Gasteiger partial charge in [-0.15, -0.1) is 4.83 Å². The van der Waals surface area contributed by atoms with E-state index >= 15 is 0 Å². The van der Waals surface area contributed by atoms with Crippen LogP contribution in [0.3, 0.4) is 0 Å². The van der Waals surface area contributed by atoms with Gasteiger partial charge in [-0.05, 0) is 56.7 Å². The average molecular weight is 366 g/mol. The molecule has 25 heavy (non-hydrogen) atoms. The first-order valence-corrected chi connectivity index (χ1v) is 8.98. The van der Waals surface area contributed by atoms with E-state index in [2.05, 4.69) is 5.43 Å². The minimum atomic E-state index is -3.90. The highest BCUT2D eigenvalue weighted by atomic mass is 32.2. The third kappa shape index (κ3) is 5.01. The van der Waals surface area contributed by atoms with Crippen LogP contribution in [0.5, 0.6) is 5.75 Å². The first kappa shape index (κ1) is 18.9. The molecule has 0 saturated heterocycles. The number of nitrogens with one attached hydrogen (secondary N) is 2. The quantitative estimate of drug-likeness (QED) is 0.768. The van der Waals surface area contributed by atoms with Gasteiger partial charge in [-0.25, -0.2) is 12.8 Å². The van der Waals surface area contributed by atoms with Crippen molar-refractivity contribution in [3.63, 3.8) is 0 Å². The highest BCUT2D eigenvalue weighted by Crippen LogP contribution is 2.16. The summed E-state index contributed by atoms with van der Waals surface area (Å²) in [7, 11) is -3.90. The molecule has 0 aliphatic rings. The summed E-state index contributed by atoms with van der Waals surface area (Å²) in [5.74, 6) is -0.815. The molecule has 2 rings (SSSR count). The van der Waals surface area contributed by atoms with Crippen molar-refractivity contribution in [1.29, 1.82) is 0 Å². The van der Waals surface area contributed by atoms with Crippen molar-refractivity contribution in [3.05, 3.63) is 59.4 Å². The SMILES string of the molecule is Cc1ccc(S(=O)(=O)NNC(=O)[C@@H](C)Oc2ccc(F)cc2)c(C)c1. The van der Waals surface area contributed by atoms with E-state index in [1.165, 1.54) is 37.3 Å². The first-order valence-electron chi connectivity index (χ1n) is 7.50. The van der Waals surface area contributed by atoms with E-state index in [1.54, 1.807) is 19.1 Å². The summed E-state index contributed by atoms with van der Waals surface area (Å²) in [5.41, 5.74) is 3.62. The van der Waals surface area contributed by atoms with Crippen LogP contribution in [-0.4, -0.2) is 20.4 Å². The third-order valence-corrected chi connectivity index (χ3v) is 4.83. The van der Waals surface area contributed by atoms with Gasteiger partial charge in [0, 0.05) is 0 Å². The standard InChI is InChI=1S/C17H19FN2O4S/c1-11-4-9-16(12(2)10-11)25(22,23)20-19-17(21)13(3)24-15-7-5-14(18)6-8-15/h4-10,13,20H,1-3H3,(H,19,21)/t13-/m1/s1. The fraction of sp³-hybridized carbons (Fsp3) is 0.235. The number of carbonyl (C=O) groups is 1. The van der Waals surface area contributed by atoms with Gasteiger partial charge in [-0.1, -0.05) is 17.7 Å². The first-order chi connectivity index (χ1) is 11.7. The van der Waals surface area contributed by atoms with Gasteiger partial charge in [-0.3, -0.25) is 10.2 Å². The lowest BCUT2D eigenvalue weighted by Crippen LogP contribution is -2.47. The molecular weight excluding hydrogens is 347 g/mol. The largest absolute Gasteiger partial charge is 0.481 e. The van der Waals surface area contributed by atoms with Gasteiger partial charge < -0.3 is 4.74 Å². The van der Waals surface area contributed by atoms with Crippen molar-refractivity contribution >= 4 is 15.9 Å². The van der Waals surface area contributed by atoms with Gasteiger partial charge in [0.25, 0.3) is 15.9 Å². The normalized spacial score (nSPS) is 12.5. The molecule has 0 radical (unpaired) electrons. The zero-order chi connectivity index (χ0) is 18.6. The van der Waals surface area contributed by atoms with Crippen LogP contribution in [0.25, 0.3) is 0 Å². The van der Waals surface area contributed by atoms with Crippen LogP contribution in [0.4, 0.5) is 4.39 Å². The zero-order valence-electron chi connectivity index (χ0n) is 14.0. The monoisotopic (exact) mass is 366 g/mol. The second kappa shape index (κ2) is 7.62. The smallest absolute Gasteiger partial charge is 0.275 e. The van der Waals surface area contributed by atoms with E-state index in [-0.39, 0.29) is 4.90 Å². The highest BCUT2D eigenvalue weighted by Gasteiger charge is 2.20. The molecule has 8 heteroatoms. The highest BCUT2D eigenvalue weighted by molar-refractivity contribution is 7.89.